The van der Waals surface area contributed by atoms with Crippen LogP contribution in [0.5, 0.6) is 0 Å². The van der Waals surface area contributed by atoms with Gasteiger partial charge in [0, 0.05) is 18.6 Å². The molecule has 0 amide bonds. The summed E-state index contributed by atoms with van der Waals surface area (Å²) in [7, 11) is 1.99. The number of hydrogen-bond acceptors (Lipinski definition) is 5. The fraction of sp³-hybridized carbons (Fsp3) is 0.136. The third-order valence-corrected chi connectivity index (χ3v) is 5.66. The number of pyridine rings is 2. The SMILES string of the molecule is Cc1cn(-c2cncc3[nH]c(-c4n[nH]c5ccc(-c6cnc(C)n6C)nc45)cc23)cn1. The zero-order chi connectivity index (χ0) is 21.1. The van der Waals surface area contributed by atoms with Gasteiger partial charge in [0.2, 0.25) is 0 Å². The van der Waals surface area contributed by atoms with Crippen LogP contribution in [-0.2, 0) is 7.05 Å². The van der Waals surface area contributed by atoms with Gasteiger partial charge >= 0.3 is 0 Å². The van der Waals surface area contributed by atoms with Crippen LogP contribution in [0.2, 0.25) is 0 Å². The number of hydrogen-bond donors (Lipinski definition) is 2. The number of H-pyrrole nitrogens is 2. The fourth-order valence-electron chi connectivity index (χ4n) is 3.89. The maximum absolute atomic E-state index is 4.90. The van der Waals surface area contributed by atoms with Crippen LogP contribution in [0.3, 0.4) is 0 Å². The Bertz CT molecular complexity index is 1580. The Morgan fingerprint density at radius 1 is 1.00 bits per heavy atom. The number of aromatic nitrogens is 9. The zero-order valence-corrected chi connectivity index (χ0v) is 17.2. The molecule has 0 bridgehead atoms. The second-order valence-corrected chi connectivity index (χ2v) is 7.64. The summed E-state index contributed by atoms with van der Waals surface area (Å²) < 4.78 is 4.01. The molecule has 0 fully saturated rings. The van der Waals surface area contributed by atoms with Crippen molar-refractivity contribution in [1.29, 1.82) is 0 Å². The Balaban J connectivity index is 1.52. The number of nitrogens with one attached hydrogen (secondary N) is 2. The monoisotopic (exact) mass is 409 g/mol. The highest BCUT2D eigenvalue weighted by Crippen LogP contribution is 2.31. The summed E-state index contributed by atoms with van der Waals surface area (Å²) in [6.07, 6.45) is 9.28. The first-order valence-corrected chi connectivity index (χ1v) is 9.90. The highest BCUT2D eigenvalue weighted by Gasteiger charge is 2.16. The molecule has 0 aliphatic rings. The number of imidazole rings is 2. The Morgan fingerprint density at radius 3 is 2.68 bits per heavy atom. The van der Waals surface area contributed by atoms with Crippen LogP contribution in [0.1, 0.15) is 11.5 Å². The van der Waals surface area contributed by atoms with Gasteiger partial charge in [-0.3, -0.25) is 10.1 Å². The van der Waals surface area contributed by atoms with E-state index in [1.807, 2.05) is 66.9 Å². The lowest BCUT2D eigenvalue weighted by Gasteiger charge is -2.03. The fourth-order valence-corrected chi connectivity index (χ4v) is 3.89. The standard InChI is InChI=1S/C22H19N9/c1-12-10-31(11-25-12)19-8-23-7-18-14(19)6-17(26-18)22-21-16(28-29-22)5-4-15(27-21)20-9-24-13(2)30(20)3/h4-11,26H,1-3H3,(H,28,29). The molecule has 0 unspecified atom stereocenters. The quantitative estimate of drug-likeness (QED) is 0.464. The average molecular weight is 409 g/mol. The van der Waals surface area contributed by atoms with Gasteiger partial charge in [-0.1, -0.05) is 0 Å². The molecule has 9 heteroatoms. The summed E-state index contributed by atoms with van der Waals surface area (Å²) in [5.74, 6) is 0.940. The second kappa shape index (κ2) is 6.36. The molecule has 31 heavy (non-hydrogen) atoms. The molecule has 2 N–H and O–H groups in total. The van der Waals surface area contributed by atoms with Crippen molar-refractivity contribution in [3.05, 3.63) is 60.8 Å². The largest absolute Gasteiger partial charge is 0.352 e. The van der Waals surface area contributed by atoms with Crippen LogP contribution >= 0.6 is 0 Å². The van der Waals surface area contributed by atoms with Gasteiger partial charge in [0.25, 0.3) is 0 Å². The highest BCUT2D eigenvalue weighted by atomic mass is 15.1. The molecule has 0 aliphatic carbocycles. The van der Waals surface area contributed by atoms with Gasteiger partial charge in [0.15, 0.2) is 0 Å². The Morgan fingerprint density at radius 2 is 1.90 bits per heavy atom. The molecular formula is C22H19N9. The second-order valence-electron chi connectivity index (χ2n) is 7.64. The van der Waals surface area contributed by atoms with E-state index in [0.29, 0.717) is 0 Å². The molecule has 6 aromatic rings. The lowest BCUT2D eigenvalue weighted by atomic mass is 10.2. The first-order valence-electron chi connectivity index (χ1n) is 9.90. The maximum atomic E-state index is 4.90. The van der Waals surface area contributed by atoms with E-state index in [4.69, 9.17) is 4.98 Å². The minimum atomic E-state index is 0.764. The lowest BCUT2D eigenvalue weighted by molar-refractivity contribution is 0.862. The van der Waals surface area contributed by atoms with Crippen LogP contribution in [-0.4, -0.2) is 44.3 Å². The average Bonchev–Trinajstić information content (AvgIpc) is 3.54. The summed E-state index contributed by atoms with van der Waals surface area (Å²) in [6.45, 7) is 3.94. The van der Waals surface area contributed by atoms with E-state index < -0.39 is 0 Å². The van der Waals surface area contributed by atoms with E-state index in [9.17, 15) is 0 Å². The topological polar surface area (TPSA) is 106 Å². The van der Waals surface area contributed by atoms with Crippen molar-refractivity contribution in [3.63, 3.8) is 0 Å². The molecule has 152 valence electrons. The lowest BCUT2D eigenvalue weighted by Crippen LogP contribution is -1.96. The van der Waals surface area contributed by atoms with E-state index in [1.54, 1.807) is 6.33 Å². The number of aryl methyl sites for hydroxylation is 2. The van der Waals surface area contributed by atoms with Crippen LogP contribution < -0.4 is 0 Å². The molecule has 0 atom stereocenters. The van der Waals surface area contributed by atoms with Gasteiger partial charge in [-0.15, -0.1) is 0 Å². The van der Waals surface area contributed by atoms with Gasteiger partial charge in [-0.2, -0.15) is 5.10 Å². The molecular weight excluding hydrogens is 390 g/mol. The van der Waals surface area contributed by atoms with Crippen LogP contribution in [0.15, 0.2) is 49.3 Å². The van der Waals surface area contributed by atoms with Gasteiger partial charge in [0.05, 0.1) is 64.4 Å². The highest BCUT2D eigenvalue weighted by molar-refractivity contribution is 5.96. The minimum absolute atomic E-state index is 0.764. The smallest absolute Gasteiger partial charge is 0.135 e. The summed E-state index contributed by atoms with van der Waals surface area (Å²) >= 11 is 0. The first-order chi connectivity index (χ1) is 15.1. The predicted octanol–water partition coefficient (Wildman–Crippen LogP) is 3.70. The number of fused-ring (bicyclic) bond motifs is 2. The van der Waals surface area contributed by atoms with Crippen LogP contribution in [0, 0.1) is 13.8 Å². The van der Waals surface area contributed by atoms with Gasteiger partial charge in [-0.25, -0.2) is 15.0 Å². The zero-order valence-electron chi connectivity index (χ0n) is 17.2. The minimum Gasteiger partial charge on any atom is -0.352 e. The van der Waals surface area contributed by atoms with Gasteiger partial charge in [-0.05, 0) is 32.0 Å². The molecule has 9 nitrogen and oxygen atoms in total. The van der Waals surface area contributed by atoms with E-state index in [1.165, 1.54) is 0 Å². The molecule has 6 rings (SSSR count). The number of rotatable bonds is 3. The van der Waals surface area contributed by atoms with Crippen molar-refractivity contribution in [2.75, 3.05) is 0 Å². The van der Waals surface area contributed by atoms with E-state index in [-0.39, 0.29) is 0 Å². The Hall–Kier alpha value is -4.27. The van der Waals surface area contributed by atoms with Gasteiger partial charge in [0.1, 0.15) is 17.0 Å². The molecule has 0 aliphatic heterocycles. The van der Waals surface area contributed by atoms with Crippen molar-refractivity contribution in [2.45, 2.75) is 13.8 Å². The molecule has 0 saturated heterocycles. The molecule has 0 radical (unpaired) electrons. The third kappa shape index (κ3) is 2.67. The van der Waals surface area contributed by atoms with E-state index in [2.05, 4.69) is 36.2 Å². The molecule has 6 aromatic heterocycles. The Labute approximate surface area is 176 Å². The molecule has 0 aromatic carbocycles. The van der Waals surface area contributed by atoms with Crippen molar-refractivity contribution < 1.29 is 0 Å². The first kappa shape index (κ1) is 17.6. The van der Waals surface area contributed by atoms with Crippen LogP contribution in [0.4, 0.5) is 0 Å². The summed E-state index contributed by atoms with van der Waals surface area (Å²) in [4.78, 5) is 21.5. The third-order valence-electron chi connectivity index (χ3n) is 5.66. The van der Waals surface area contributed by atoms with Crippen LogP contribution in [0.25, 0.3) is 50.4 Å². The molecule has 0 saturated carbocycles. The number of nitrogens with zero attached hydrogens (tertiary/aromatic N) is 7. The van der Waals surface area contributed by atoms with E-state index >= 15 is 0 Å². The summed E-state index contributed by atoms with van der Waals surface area (Å²) in [5, 5.41) is 8.68. The van der Waals surface area contributed by atoms with Crippen molar-refractivity contribution >= 4 is 21.9 Å². The van der Waals surface area contributed by atoms with Crippen molar-refractivity contribution in [1.82, 2.24) is 44.3 Å². The maximum Gasteiger partial charge on any atom is 0.135 e. The summed E-state index contributed by atoms with van der Waals surface area (Å²) in [6, 6.07) is 6.07. The van der Waals surface area contributed by atoms with E-state index in [0.717, 1.165) is 61.9 Å². The Kier molecular flexibility index (Phi) is 3.61. The number of aromatic amines is 2. The normalized spacial score (nSPS) is 11.7. The summed E-state index contributed by atoms with van der Waals surface area (Å²) in [5.41, 5.74) is 7.96. The molecule has 0 spiro atoms. The molecule has 6 heterocycles. The predicted molar refractivity (Wildman–Crippen MR) is 118 cm³/mol. The van der Waals surface area contributed by atoms with Gasteiger partial charge < -0.3 is 14.1 Å². The van der Waals surface area contributed by atoms with Crippen molar-refractivity contribution in [3.8, 4) is 28.5 Å². The van der Waals surface area contributed by atoms with Crippen molar-refractivity contribution in [2.24, 2.45) is 7.05 Å².